The van der Waals surface area contributed by atoms with Gasteiger partial charge in [0.05, 0.1) is 0 Å². The maximum absolute atomic E-state index is 8.07. The predicted molar refractivity (Wildman–Crippen MR) is 39.6 cm³/mol. The highest BCUT2D eigenvalue weighted by Gasteiger charge is 1.93. The zero-order valence-corrected chi connectivity index (χ0v) is 5.28. The van der Waals surface area contributed by atoms with Crippen molar-refractivity contribution in [2.45, 2.75) is 0 Å². The summed E-state index contributed by atoms with van der Waals surface area (Å²) in [7, 11) is 0. The minimum Gasteiger partial charge on any atom is -0.399 e. The van der Waals surface area contributed by atoms with E-state index < -0.39 is 0 Å². The van der Waals surface area contributed by atoms with Crippen molar-refractivity contribution in [3.63, 3.8) is 0 Å². The van der Waals surface area contributed by atoms with E-state index in [1.165, 1.54) is 0 Å². The van der Waals surface area contributed by atoms with E-state index in [1.54, 1.807) is 24.3 Å². The Balaban J connectivity index is 2.81. The Labute approximate surface area is 58.3 Å². The fourth-order valence-electron chi connectivity index (χ4n) is 0.615. The molecule has 1 aromatic carbocycles. The summed E-state index contributed by atoms with van der Waals surface area (Å²) in [6, 6.07) is 6.87. The first-order valence-corrected chi connectivity index (χ1v) is 2.78. The van der Waals surface area contributed by atoms with E-state index in [0.717, 1.165) is 0 Å². The Bertz CT molecular complexity index is 245. The number of nitrogens with one attached hydrogen (secondary N) is 1. The van der Waals surface area contributed by atoms with E-state index in [0.29, 0.717) is 11.4 Å². The second-order valence-electron chi connectivity index (χ2n) is 1.83. The highest BCUT2D eigenvalue weighted by molar-refractivity contribution is 5.51. The van der Waals surface area contributed by atoms with Gasteiger partial charge >= 0.3 is 5.08 Å². The van der Waals surface area contributed by atoms with E-state index in [1.807, 2.05) is 0 Å². The van der Waals surface area contributed by atoms with Crippen LogP contribution < -0.4 is 11.2 Å². The third-order valence-electron chi connectivity index (χ3n) is 1.09. The van der Waals surface area contributed by atoms with Gasteiger partial charge in [-0.1, -0.05) is 0 Å². The lowest BCUT2D eigenvalue weighted by molar-refractivity contribution is 1.39. The average Bonchev–Trinajstić information content (AvgIpc) is 1.95. The highest BCUT2D eigenvalue weighted by Crippen LogP contribution is 2.09. The van der Waals surface area contributed by atoms with Crippen LogP contribution in [0.2, 0.25) is 0 Å². The van der Waals surface area contributed by atoms with Gasteiger partial charge in [-0.3, -0.25) is 0 Å². The number of hydrogen-bond donors (Lipinski definition) is 2. The number of hydrogen-bond acceptors (Lipinski definition) is 3. The van der Waals surface area contributed by atoms with Crippen LogP contribution in [0.5, 0.6) is 0 Å². The lowest BCUT2D eigenvalue weighted by Crippen LogP contribution is -1.86. The van der Waals surface area contributed by atoms with Gasteiger partial charge in [0.2, 0.25) is 0 Å². The standard InChI is InChI=1S/C6H6N4/c7-5-1-3-6(4-2-5)9-10-8/h1-4,7-8H/p+1. The average molecular weight is 135 g/mol. The number of anilines is 2. The van der Waals surface area contributed by atoms with Crippen LogP contribution in [0.15, 0.2) is 24.3 Å². The predicted octanol–water partition coefficient (Wildman–Crippen LogP) is 1.45. The fraction of sp³-hybridized carbons (Fsp3) is 0. The minimum absolute atomic E-state index is 0.684. The molecule has 0 heterocycles. The van der Waals surface area contributed by atoms with Crippen molar-refractivity contribution in [3.05, 3.63) is 29.4 Å². The molecule has 1 aromatic rings. The fourth-order valence-corrected chi connectivity index (χ4v) is 0.615. The lowest BCUT2D eigenvalue weighted by atomic mass is 10.3. The summed E-state index contributed by atoms with van der Waals surface area (Å²) >= 11 is 0. The molecule has 0 radical (unpaired) electrons. The topological polar surface area (TPSA) is 66.2 Å². The smallest absolute Gasteiger partial charge is 0.308 e. The van der Waals surface area contributed by atoms with Gasteiger partial charge in [0, 0.05) is 5.69 Å². The summed E-state index contributed by atoms with van der Waals surface area (Å²) in [6.07, 6.45) is 0. The molecular formula is C6H7N4+. The normalized spacial score (nSPS) is 8.30. The van der Waals surface area contributed by atoms with Gasteiger partial charge in [-0.25, -0.2) is 0 Å². The van der Waals surface area contributed by atoms with Crippen molar-refractivity contribution in [1.29, 1.82) is 5.39 Å². The number of benzene rings is 1. The van der Waals surface area contributed by atoms with Crippen molar-refractivity contribution in [3.8, 4) is 0 Å². The minimum atomic E-state index is 0.684. The molecule has 3 N–H and O–H groups in total. The largest absolute Gasteiger partial charge is 0.399 e. The summed E-state index contributed by atoms with van der Waals surface area (Å²) in [5, 5.41) is 10.8. The van der Waals surface area contributed by atoms with Crippen LogP contribution in [0.25, 0.3) is 5.08 Å². The van der Waals surface area contributed by atoms with Crippen LogP contribution in [-0.2, 0) is 0 Å². The first kappa shape index (κ1) is 6.36. The first-order chi connectivity index (χ1) is 4.83. The molecule has 0 aliphatic heterocycles. The zero-order valence-electron chi connectivity index (χ0n) is 5.28. The molecule has 0 atom stereocenters. The number of rotatable bonds is 1. The Morgan fingerprint density at radius 1 is 1.30 bits per heavy atom. The molecule has 0 bridgehead atoms. The van der Waals surface area contributed by atoms with Crippen molar-refractivity contribution >= 4 is 11.4 Å². The molecule has 0 unspecified atom stereocenters. The Morgan fingerprint density at radius 3 is 2.40 bits per heavy atom. The quantitative estimate of drug-likeness (QED) is 0.348. The lowest BCUT2D eigenvalue weighted by Gasteiger charge is -1.89. The number of nitrogens with two attached hydrogens (primary N) is 1. The van der Waals surface area contributed by atoms with Crippen molar-refractivity contribution in [2.75, 3.05) is 11.2 Å². The zero-order chi connectivity index (χ0) is 7.40. The van der Waals surface area contributed by atoms with Crippen LogP contribution in [0.4, 0.5) is 11.4 Å². The second kappa shape index (κ2) is 2.69. The van der Waals surface area contributed by atoms with Gasteiger partial charge in [-0.15, -0.1) is 0 Å². The van der Waals surface area contributed by atoms with Crippen molar-refractivity contribution in [2.24, 2.45) is 0 Å². The van der Waals surface area contributed by atoms with Crippen molar-refractivity contribution in [1.82, 2.24) is 0 Å². The Hall–Kier alpha value is -1.76. The van der Waals surface area contributed by atoms with E-state index in [4.69, 9.17) is 11.1 Å². The maximum Gasteiger partial charge on any atom is 0.308 e. The summed E-state index contributed by atoms with van der Waals surface area (Å²) in [6.45, 7) is 0. The van der Waals surface area contributed by atoms with Gasteiger partial charge in [0.15, 0.2) is 0 Å². The molecule has 0 amide bonds. The van der Waals surface area contributed by atoms with E-state index in [9.17, 15) is 0 Å². The van der Waals surface area contributed by atoms with Gasteiger partial charge < -0.3 is 5.73 Å². The molecule has 0 aromatic heterocycles. The molecule has 0 saturated heterocycles. The van der Waals surface area contributed by atoms with Crippen LogP contribution in [0, 0.1) is 5.39 Å². The molecule has 0 fully saturated rings. The third kappa shape index (κ3) is 1.36. The van der Waals surface area contributed by atoms with Crippen LogP contribution in [-0.4, -0.2) is 0 Å². The molecule has 50 valence electrons. The molecule has 0 saturated carbocycles. The molecule has 0 aliphatic carbocycles. The summed E-state index contributed by atoms with van der Waals surface area (Å²) in [5.74, 6) is 0. The van der Waals surface area contributed by atoms with Crippen LogP contribution in [0.1, 0.15) is 0 Å². The van der Waals surface area contributed by atoms with Crippen LogP contribution >= 0.6 is 0 Å². The van der Waals surface area contributed by atoms with E-state index in [2.05, 4.69) is 10.5 Å². The summed E-state index contributed by atoms with van der Waals surface area (Å²) < 4.78 is 0. The molecule has 0 aliphatic rings. The molecule has 4 nitrogen and oxygen atoms in total. The van der Waals surface area contributed by atoms with Crippen molar-refractivity contribution < 1.29 is 0 Å². The summed E-state index contributed by atoms with van der Waals surface area (Å²) in [4.78, 5) is 0. The number of diazo groups is 1. The molecule has 10 heavy (non-hydrogen) atoms. The van der Waals surface area contributed by atoms with E-state index in [-0.39, 0.29) is 0 Å². The molecular weight excluding hydrogens is 128 g/mol. The molecule has 1 rings (SSSR count). The molecule has 0 spiro atoms. The SMILES string of the molecule is N#[N+]Nc1ccc(N)cc1. The van der Waals surface area contributed by atoms with Gasteiger partial charge in [0.1, 0.15) is 5.69 Å². The number of nitrogen functional groups attached to an aromatic ring is 1. The van der Waals surface area contributed by atoms with Gasteiger partial charge in [0.25, 0.3) is 5.39 Å². The Morgan fingerprint density at radius 2 is 1.90 bits per heavy atom. The van der Waals surface area contributed by atoms with Crippen LogP contribution in [0.3, 0.4) is 0 Å². The third-order valence-corrected chi connectivity index (χ3v) is 1.09. The summed E-state index contributed by atoms with van der Waals surface area (Å²) in [5.41, 5.74) is 9.15. The highest BCUT2D eigenvalue weighted by atomic mass is 15.3. The maximum atomic E-state index is 8.07. The van der Waals surface area contributed by atoms with E-state index >= 15 is 0 Å². The number of nitrogens with zero attached hydrogens (tertiary/aromatic N) is 2. The van der Waals surface area contributed by atoms with Gasteiger partial charge in [-0.05, 0) is 29.7 Å². The molecule has 4 heteroatoms. The second-order valence-corrected chi connectivity index (χ2v) is 1.83. The Kier molecular flexibility index (Phi) is 1.71. The first-order valence-electron chi connectivity index (χ1n) is 2.78. The van der Waals surface area contributed by atoms with Gasteiger partial charge in [-0.2, -0.15) is 0 Å². The monoisotopic (exact) mass is 135 g/mol.